The Labute approximate surface area is 116 Å². The predicted molar refractivity (Wildman–Crippen MR) is 75.4 cm³/mol. The summed E-state index contributed by atoms with van der Waals surface area (Å²) in [5, 5.41) is 9.04. The summed E-state index contributed by atoms with van der Waals surface area (Å²) in [5.74, 6) is -1.19. The maximum absolute atomic E-state index is 12.2. The third kappa shape index (κ3) is 2.97. The topological polar surface area (TPSA) is 83.5 Å². The van der Waals surface area contributed by atoms with Crippen molar-refractivity contribution in [3.05, 3.63) is 59.7 Å². The van der Waals surface area contributed by atoms with Crippen LogP contribution in [0, 0.1) is 6.92 Å². The van der Waals surface area contributed by atoms with E-state index in [0.717, 1.165) is 5.56 Å². The van der Waals surface area contributed by atoms with Crippen LogP contribution in [0.3, 0.4) is 0 Å². The van der Waals surface area contributed by atoms with Gasteiger partial charge in [0.15, 0.2) is 0 Å². The van der Waals surface area contributed by atoms with E-state index < -0.39 is 16.0 Å². The largest absolute Gasteiger partial charge is 0.478 e. The van der Waals surface area contributed by atoms with Gasteiger partial charge in [0.05, 0.1) is 16.1 Å². The maximum atomic E-state index is 12.2. The van der Waals surface area contributed by atoms with Crippen LogP contribution in [0.4, 0.5) is 5.69 Å². The average Bonchev–Trinajstić information content (AvgIpc) is 2.38. The molecule has 0 spiro atoms. The van der Waals surface area contributed by atoms with Crippen LogP contribution in [-0.2, 0) is 10.0 Å². The Morgan fingerprint density at radius 2 is 1.80 bits per heavy atom. The Bertz CT molecular complexity index is 753. The summed E-state index contributed by atoms with van der Waals surface area (Å²) in [6.45, 7) is 1.78. The third-order valence-electron chi connectivity index (χ3n) is 2.70. The lowest BCUT2D eigenvalue weighted by atomic mass is 10.2. The summed E-state index contributed by atoms with van der Waals surface area (Å²) in [6, 6.07) is 12.3. The number of benzene rings is 2. The number of hydrogen-bond acceptors (Lipinski definition) is 3. The van der Waals surface area contributed by atoms with Crippen molar-refractivity contribution < 1.29 is 18.3 Å². The van der Waals surface area contributed by atoms with Gasteiger partial charge in [-0.1, -0.05) is 24.3 Å². The van der Waals surface area contributed by atoms with Crippen molar-refractivity contribution in [3.63, 3.8) is 0 Å². The first-order valence-corrected chi connectivity index (χ1v) is 7.30. The molecule has 0 aliphatic heterocycles. The summed E-state index contributed by atoms with van der Waals surface area (Å²) in [7, 11) is -3.81. The molecule has 0 saturated heterocycles. The van der Waals surface area contributed by atoms with Crippen molar-refractivity contribution in [2.75, 3.05) is 4.72 Å². The van der Waals surface area contributed by atoms with Gasteiger partial charge >= 0.3 is 5.97 Å². The number of aryl methyl sites for hydroxylation is 1. The smallest absolute Gasteiger partial charge is 0.337 e. The molecule has 0 aliphatic rings. The van der Waals surface area contributed by atoms with Gasteiger partial charge in [-0.3, -0.25) is 4.72 Å². The highest BCUT2D eigenvalue weighted by atomic mass is 32.2. The number of sulfonamides is 1. The molecular weight excluding hydrogens is 278 g/mol. The Morgan fingerprint density at radius 3 is 2.45 bits per heavy atom. The van der Waals surface area contributed by atoms with E-state index in [4.69, 9.17) is 5.11 Å². The molecule has 0 radical (unpaired) electrons. The Balaban J connectivity index is 2.41. The van der Waals surface area contributed by atoms with Crippen molar-refractivity contribution in [1.29, 1.82) is 0 Å². The van der Waals surface area contributed by atoms with Crippen molar-refractivity contribution in [2.45, 2.75) is 11.8 Å². The second-order valence-corrected chi connectivity index (χ2v) is 5.96. The zero-order valence-electron chi connectivity index (χ0n) is 10.7. The summed E-state index contributed by atoms with van der Waals surface area (Å²) in [6.07, 6.45) is 0. The molecule has 0 unspecified atom stereocenters. The fourth-order valence-electron chi connectivity index (χ4n) is 1.74. The van der Waals surface area contributed by atoms with E-state index in [2.05, 4.69) is 4.72 Å². The molecule has 2 aromatic carbocycles. The van der Waals surface area contributed by atoms with Gasteiger partial charge in [-0.25, -0.2) is 13.2 Å². The SMILES string of the molecule is Cc1cccc(S(=O)(=O)Nc2ccccc2C(=O)O)c1. The molecule has 0 bridgehead atoms. The van der Waals surface area contributed by atoms with E-state index >= 15 is 0 Å². The number of carbonyl (C=O) groups is 1. The lowest BCUT2D eigenvalue weighted by molar-refractivity contribution is 0.0698. The number of para-hydroxylation sites is 1. The van der Waals surface area contributed by atoms with Crippen molar-refractivity contribution in [2.24, 2.45) is 0 Å². The highest BCUT2D eigenvalue weighted by molar-refractivity contribution is 7.92. The predicted octanol–water partition coefficient (Wildman–Crippen LogP) is 2.49. The summed E-state index contributed by atoms with van der Waals surface area (Å²) < 4.78 is 26.8. The number of carboxylic acid groups (broad SMARTS) is 1. The fraction of sp³-hybridized carbons (Fsp3) is 0.0714. The molecule has 0 aliphatic carbocycles. The second-order valence-electron chi connectivity index (χ2n) is 4.27. The van der Waals surface area contributed by atoms with Gasteiger partial charge in [0, 0.05) is 0 Å². The fourth-order valence-corrected chi connectivity index (χ4v) is 2.93. The quantitative estimate of drug-likeness (QED) is 0.906. The van der Waals surface area contributed by atoms with Gasteiger partial charge in [0.2, 0.25) is 0 Å². The van der Waals surface area contributed by atoms with Crippen molar-refractivity contribution in [3.8, 4) is 0 Å². The van der Waals surface area contributed by atoms with E-state index in [1.54, 1.807) is 25.1 Å². The molecule has 5 nitrogen and oxygen atoms in total. The number of anilines is 1. The summed E-state index contributed by atoms with van der Waals surface area (Å²) >= 11 is 0. The minimum atomic E-state index is -3.81. The number of hydrogen-bond donors (Lipinski definition) is 2. The first kappa shape index (κ1) is 14.1. The van der Waals surface area contributed by atoms with E-state index in [1.807, 2.05) is 0 Å². The van der Waals surface area contributed by atoms with Gasteiger partial charge in [-0.15, -0.1) is 0 Å². The van der Waals surface area contributed by atoms with Crippen LogP contribution < -0.4 is 4.72 Å². The maximum Gasteiger partial charge on any atom is 0.337 e. The molecule has 6 heteroatoms. The van der Waals surface area contributed by atoms with Crippen LogP contribution in [0.25, 0.3) is 0 Å². The molecule has 104 valence electrons. The number of aromatic carboxylic acids is 1. The standard InChI is InChI=1S/C14H13NO4S/c1-10-5-4-6-11(9-10)20(18,19)15-13-8-3-2-7-12(13)14(16)17/h2-9,15H,1H3,(H,16,17). The highest BCUT2D eigenvalue weighted by Crippen LogP contribution is 2.20. The normalized spacial score (nSPS) is 11.1. The molecule has 0 atom stereocenters. The zero-order chi connectivity index (χ0) is 14.8. The molecule has 2 N–H and O–H groups in total. The summed E-state index contributed by atoms with van der Waals surface area (Å²) in [4.78, 5) is 11.2. The van der Waals surface area contributed by atoms with Gasteiger partial charge in [-0.2, -0.15) is 0 Å². The molecule has 0 saturated carbocycles. The van der Waals surface area contributed by atoms with Gasteiger partial charge in [-0.05, 0) is 36.8 Å². The molecule has 0 fully saturated rings. The number of carboxylic acids is 1. The van der Waals surface area contributed by atoms with Gasteiger partial charge < -0.3 is 5.11 Å². The van der Waals surface area contributed by atoms with E-state index in [1.165, 1.54) is 30.3 Å². The third-order valence-corrected chi connectivity index (χ3v) is 4.06. The lowest BCUT2D eigenvalue weighted by Crippen LogP contribution is -2.15. The Morgan fingerprint density at radius 1 is 1.10 bits per heavy atom. The molecule has 2 rings (SSSR count). The molecule has 0 amide bonds. The van der Waals surface area contributed by atoms with E-state index in [0.29, 0.717) is 0 Å². The zero-order valence-corrected chi connectivity index (χ0v) is 11.5. The van der Waals surface area contributed by atoms with E-state index in [9.17, 15) is 13.2 Å². The van der Waals surface area contributed by atoms with Crippen molar-refractivity contribution in [1.82, 2.24) is 0 Å². The molecule has 20 heavy (non-hydrogen) atoms. The summed E-state index contributed by atoms with van der Waals surface area (Å²) in [5.41, 5.74) is 0.754. The number of nitrogens with one attached hydrogen (secondary N) is 1. The first-order valence-electron chi connectivity index (χ1n) is 5.82. The van der Waals surface area contributed by atoms with Gasteiger partial charge in [0.1, 0.15) is 0 Å². The number of rotatable bonds is 4. The molecule has 2 aromatic rings. The van der Waals surface area contributed by atoms with Crippen molar-refractivity contribution >= 4 is 21.7 Å². The Kier molecular flexibility index (Phi) is 3.76. The van der Waals surface area contributed by atoms with Crippen LogP contribution in [0.1, 0.15) is 15.9 Å². The minimum Gasteiger partial charge on any atom is -0.478 e. The minimum absolute atomic E-state index is 0.0431. The van der Waals surface area contributed by atoms with E-state index in [-0.39, 0.29) is 16.1 Å². The van der Waals surface area contributed by atoms with Crippen LogP contribution in [0.5, 0.6) is 0 Å². The monoisotopic (exact) mass is 291 g/mol. The second kappa shape index (κ2) is 5.34. The lowest BCUT2D eigenvalue weighted by Gasteiger charge is -2.10. The van der Waals surface area contributed by atoms with Crippen LogP contribution >= 0.6 is 0 Å². The molecule has 0 heterocycles. The Hall–Kier alpha value is -2.34. The highest BCUT2D eigenvalue weighted by Gasteiger charge is 2.18. The average molecular weight is 291 g/mol. The molecular formula is C14H13NO4S. The van der Waals surface area contributed by atoms with Gasteiger partial charge in [0.25, 0.3) is 10.0 Å². The molecule has 0 aromatic heterocycles. The van der Waals surface area contributed by atoms with Crippen LogP contribution in [0.2, 0.25) is 0 Å². The first-order chi connectivity index (χ1) is 9.40. The van der Waals surface area contributed by atoms with Crippen LogP contribution in [0.15, 0.2) is 53.4 Å². The van der Waals surface area contributed by atoms with Crippen LogP contribution in [-0.4, -0.2) is 19.5 Å².